The van der Waals surface area contributed by atoms with Gasteiger partial charge in [-0.15, -0.1) is 23.5 Å². The quantitative estimate of drug-likeness (QED) is 0.863. The van der Waals surface area contributed by atoms with Crippen LogP contribution >= 0.6 is 23.5 Å². The van der Waals surface area contributed by atoms with Crippen molar-refractivity contribution in [1.29, 1.82) is 0 Å². The van der Waals surface area contributed by atoms with Gasteiger partial charge in [-0.1, -0.05) is 12.1 Å². The van der Waals surface area contributed by atoms with Crippen molar-refractivity contribution in [2.24, 2.45) is 5.92 Å². The lowest BCUT2D eigenvalue weighted by Crippen LogP contribution is -2.33. The van der Waals surface area contributed by atoms with Crippen molar-refractivity contribution in [2.45, 2.75) is 17.4 Å². The number of amides is 1. The first-order valence-corrected chi connectivity index (χ1v) is 10.2. The van der Waals surface area contributed by atoms with Gasteiger partial charge in [-0.3, -0.25) is 9.59 Å². The van der Waals surface area contributed by atoms with E-state index in [0.29, 0.717) is 23.3 Å². The summed E-state index contributed by atoms with van der Waals surface area (Å²) in [7, 11) is 0. The fourth-order valence-corrected chi connectivity index (χ4v) is 5.72. The number of likely N-dealkylation sites (tertiary alicyclic amines) is 1. The van der Waals surface area contributed by atoms with Crippen LogP contribution in [0.2, 0.25) is 0 Å². The van der Waals surface area contributed by atoms with Crippen LogP contribution in [-0.2, 0) is 9.59 Å². The van der Waals surface area contributed by atoms with Crippen molar-refractivity contribution in [2.75, 3.05) is 31.2 Å². The summed E-state index contributed by atoms with van der Waals surface area (Å²) in [5.41, 5.74) is 1.28. The number of nitrogens with zero attached hydrogens (tertiary/aromatic N) is 1. The van der Waals surface area contributed by atoms with Gasteiger partial charge in [0.1, 0.15) is 5.75 Å². The van der Waals surface area contributed by atoms with Crippen molar-refractivity contribution < 1.29 is 19.4 Å². The van der Waals surface area contributed by atoms with E-state index in [9.17, 15) is 9.59 Å². The molecule has 1 aromatic rings. The van der Waals surface area contributed by atoms with Gasteiger partial charge in [0.25, 0.3) is 5.91 Å². The number of carbonyl (C=O) groups excluding carboxylic acids is 1. The average Bonchev–Trinajstić information content (AvgIpc) is 3.11. The van der Waals surface area contributed by atoms with E-state index in [1.165, 1.54) is 23.5 Å². The predicted molar refractivity (Wildman–Crippen MR) is 96.5 cm³/mol. The first-order valence-electron chi connectivity index (χ1n) is 8.10. The number of benzene rings is 1. The van der Waals surface area contributed by atoms with E-state index in [4.69, 9.17) is 9.84 Å². The van der Waals surface area contributed by atoms with Gasteiger partial charge in [0.15, 0.2) is 6.61 Å². The third-order valence-electron chi connectivity index (χ3n) is 4.23. The molecule has 5 nitrogen and oxygen atoms in total. The maximum absolute atomic E-state index is 12.1. The summed E-state index contributed by atoms with van der Waals surface area (Å²) in [6.07, 6.45) is 1.79. The molecule has 0 bridgehead atoms. The van der Waals surface area contributed by atoms with Gasteiger partial charge < -0.3 is 14.7 Å². The van der Waals surface area contributed by atoms with Crippen LogP contribution in [0.5, 0.6) is 5.75 Å². The number of hydrogen-bond acceptors (Lipinski definition) is 5. The van der Waals surface area contributed by atoms with Crippen molar-refractivity contribution >= 4 is 35.4 Å². The molecule has 0 saturated carbocycles. The molecule has 1 aromatic carbocycles. The minimum atomic E-state index is -0.833. The molecule has 2 heterocycles. The Morgan fingerprint density at radius 3 is 2.54 bits per heavy atom. The number of hydrogen-bond donors (Lipinski definition) is 1. The number of ether oxygens (including phenoxy) is 1. The highest BCUT2D eigenvalue weighted by molar-refractivity contribution is 8.16. The normalized spacial score (nSPS) is 21.7. The van der Waals surface area contributed by atoms with E-state index >= 15 is 0 Å². The molecule has 1 atom stereocenters. The lowest BCUT2D eigenvalue weighted by atomic mass is 10.1. The summed E-state index contributed by atoms with van der Waals surface area (Å²) in [6.45, 7) is 0.736. The number of thioether (sulfide) groups is 2. The predicted octanol–water partition coefficient (Wildman–Crippen LogP) is 2.87. The van der Waals surface area contributed by atoms with Gasteiger partial charge in [-0.05, 0) is 42.0 Å². The summed E-state index contributed by atoms with van der Waals surface area (Å²) in [5, 5.41) is 8.98. The van der Waals surface area contributed by atoms with Crippen LogP contribution in [0, 0.1) is 5.92 Å². The summed E-state index contributed by atoms with van der Waals surface area (Å²) >= 11 is 3.95. The molecule has 0 radical (unpaired) electrons. The minimum Gasteiger partial charge on any atom is -0.484 e. The third-order valence-corrected chi connectivity index (χ3v) is 7.25. The monoisotopic (exact) mass is 367 g/mol. The van der Waals surface area contributed by atoms with Crippen molar-refractivity contribution in [3.8, 4) is 5.75 Å². The Hall–Kier alpha value is -1.34. The highest BCUT2D eigenvalue weighted by Gasteiger charge is 2.30. The fraction of sp³-hybridized carbons (Fsp3) is 0.529. The molecule has 2 aliphatic rings. The topological polar surface area (TPSA) is 66.8 Å². The summed E-state index contributed by atoms with van der Waals surface area (Å²) in [6, 6.07) is 7.93. The molecule has 0 aliphatic carbocycles. The highest BCUT2D eigenvalue weighted by atomic mass is 32.2. The lowest BCUT2D eigenvalue weighted by molar-refractivity contribution is -0.141. The molecule has 130 valence electrons. The Labute approximate surface area is 150 Å². The molecule has 2 aliphatic heterocycles. The SMILES string of the molecule is O=C(O)C1CCN(C(=O)COc2ccc(C3SCCCS3)cc2)C1. The molecule has 0 spiro atoms. The molecule has 0 aromatic heterocycles. The molecule has 7 heteroatoms. The fourth-order valence-electron chi connectivity index (χ4n) is 2.83. The summed E-state index contributed by atoms with van der Waals surface area (Å²) < 4.78 is 6.06. The van der Waals surface area contributed by atoms with Gasteiger partial charge in [-0.2, -0.15) is 0 Å². The molecule has 1 unspecified atom stereocenters. The van der Waals surface area contributed by atoms with Crippen LogP contribution in [-0.4, -0.2) is 53.1 Å². The van der Waals surface area contributed by atoms with Crippen molar-refractivity contribution in [3.63, 3.8) is 0 Å². The highest BCUT2D eigenvalue weighted by Crippen LogP contribution is 2.43. The smallest absolute Gasteiger partial charge is 0.308 e. The summed E-state index contributed by atoms with van der Waals surface area (Å²) in [4.78, 5) is 24.6. The Bertz CT molecular complexity index is 587. The number of carboxylic acid groups (broad SMARTS) is 1. The van der Waals surface area contributed by atoms with E-state index in [1.807, 2.05) is 35.7 Å². The van der Waals surface area contributed by atoms with Gasteiger partial charge in [0, 0.05) is 13.1 Å². The standard InChI is InChI=1S/C17H21NO4S2/c19-15(18-7-6-13(10-18)16(20)21)11-22-14-4-2-12(3-5-14)17-23-8-1-9-24-17/h2-5,13,17H,1,6-11H2,(H,20,21). The first kappa shape index (κ1) is 17.5. The van der Waals surface area contributed by atoms with Crippen LogP contribution < -0.4 is 4.74 Å². The Kier molecular flexibility index (Phi) is 5.94. The molecule has 2 saturated heterocycles. The van der Waals surface area contributed by atoms with E-state index < -0.39 is 11.9 Å². The second kappa shape index (κ2) is 8.16. The lowest BCUT2D eigenvalue weighted by Gasteiger charge is -2.21. The van der Waals surface area contributed by atoms with Crippen LogP contribution in [0.4, 0.5) is 0 Å². The average molecular weight is 367 g/mol. The molecule has 1 amide bonds. The zero-order chi connectivity index (χ0) is 16.9. The second-order valence-corrected chi connectivity index (χ2v) is 8.67. The second-order valence-electron chi connectivity index (χ2n) is 5.95. The van der Waals surface area contributed by atoms with Crippen molar-refractivity contribution in [3.05, 3.63) is 29.8 Å². The van der Waals surface area contributed by atoms with E-state index in [0.717, 1.165) is 0 Å². The van der Waals surface area contributed by atoms with Gasteiger partial charge in [0.05, 0.1) is 10.5 Å². The molecular weight excluding hydrogens is 346 g/mol. The third kappa shape index (κ3) is 4.39. The molecule has 2 fully saturated rings. The molecular formula is C17H21NO4S2. The summed E-state index contributed by atoms with van der Waals surface area (Å²) in [5.74, 6) is 1.65. The number of carbonyl (C=O) groups is 2. The number of rotatable bonds is 5. The van der Waals surface area contributed by atoms with Crippen LogP contribution in [0.1, 0.15) is 23.0 Å². The molecule has 3 rings (SSSR count). The van der Waals surface area contributed by atoms with Gasteiger partial charge in [0.2, 0.25) is 0 Å². The number of carboxylic acids is 1. The Balaban J connectivity index is 1.48. The van der Waals surface area contributed by atoms with Gasteiger partial charge >= 0.3 is 5.97 Å². The largest absolute Gasteiger partial charge is 0.484 e. The van der Waals surface area contributed by atoms with Crippen LogP contribution in [0.15, 0.2) is 24.3 Å². The number of aliphatic carboxylic acids is 1. The maximum Gasteiger partial charge on any atom is 0.308 e. The molecule has 1 N–H and O–H groups in total. The van der Waals surface area contributed by atoms with Crippen molar-refractivity contribution in [1.82, 2.24) is 4.90 Å². The van der Waals surface area contributed by atoms with Crippen LogP contribution in [0.3, 0.4) is 0 Å². The zero-order valence-corrected chi connectivity index (χ0v) is 15.0. The Morgan fingerprint density at radius 2 is 1.92 bits per heavy atom. The van der Waals surface area contributed by atoms with Crippen LogP contribution in [0.25, 0.3) is 0 Å². The first-order chi connectivity index (χ1) is 11.6. The van der Waals surface area contributed by atoms with E-state index in [2.05, 4.69) is 12.1 Å². The van der Waals surface area contributed by atoms with E-state index in [1.54, 1.807) is 4.90 Å². The minimum absolute atomic E-state index is 0.0430. The van der Waals surface area contributed by atoms with E-state index in [-0.39, 0.29) is 19.1 Å². The molecule has 24 heavy (non-hydrogen) atoms. The maximum atomic E-state index is 12.1. The Morgan fingerprint density at radius 1 is 1.21 bits per heavy atom. The zero-order valence-electron chi connectivity index (χ0n) is 13.3. The van der Waals surface area contributed by atoms with Gasteiger partial charge in [-0.25, -0.2) is 0 Å².